The van der Waals surface area contributed by atoms with Crippen LogP contribution in [-0.2, 0) is 0 Å². The fraction of sp³-hybridized carbons (Fsp3) is 0.462. The highest BCUT2D eigenvalue weighted by atomic mass is 19.1. The third-order valence-corrected chi connectivity index (χ3v) is 3.30. The Bertz CT molecular complexity index is 445. The zero-order valence-electron chi connectivity index (χ0n) is 10.2. The molecule has 1 aromatic rings. The molecule has 0 radical (unpaired) electrons. The minimum atomic E-state index is -0.810. The summed E-state index contributed by atoms with van der Waals surface area (Å²) >= 11 is 0. The van der Waals surface area contributed by atoms with E-state index in [-0.39, 0.29) is 11.6 Å². The molecule has 0 spiro atoms. The standard InChI is InChI=1S/C13H16F2N2O/c1-17(10-3-2-6-16-8-10)13(18)11-5-4-9(14)7-12(11)15/h4-5,7,10,16H,2-3,6,8H2,1H3. The second kappa shape index (κ2) is 5.44. The molecule has 1 unspecified atom stereocenters. The van der Waals surface area contributed by atoms with Gasteiger partial charge in [0.1, 0.15) is 11.6 Å². The number of likely N-dealkylation sites (N-methyl/N-ethyl adjacent to an activating group) is 1. The molecule has 3 nitrogen and oxygen atoms in total. The average molecular weight is 254 g/mol. The molecular formula is C13H16F2N2O. The molecule has 1 amide bonds. The van der Waals surface area contributed by atoms with Crippen LogP contribution in [0.1, 0.15) is 23.2 Å². The van der Waals surface area contributed by atoms with Crippen LogP contribution in [0.2, 0.25) is 0 Å². The summed E-state index contributed by atoms with van der Waals surface area (Å²) in [6, 6.07) is 3.10. The number of hydrogen-bond acceptors (Lipinski definition) is 2. The summed E-state index contributed by atoms with van der Waals surface area (Å²) in [6.45, 7) is 1.66. The van der Waals surface area contributed by atoms with Crippen LogP contribution in [-0.4, -0.2) is 37.0 Å². The van der Waals surface area contributed by atoms with Gasteiger partial charge in [0, 0.05) is 25.7 Å². The van der Waals surface area contributed by atoms with E-state index in [1.165, 1.54) is 11.0 Å². The molecule has 5 heteroatoms. The summed E-state index contributed by atoms with van der Waals surface area (Å²) in [6.07, 6.45) is 1.90. The Hall–Kier alpha value is -1.49. The molecular weight excluding hydrogens is 238 g/mol. The Morgan fingerprint density at radius 2 is 2.22 bits per heavy atom. The van der Waals surface area contributed by atoms with E-state index >= 15 is 0 Å². The van der Waals surface area contributed by atoms with Crippen LogP contribution in [0.5, 0.6) is 0 Å². The summed E-state index contributed by atoms with van der Waals surface area (Å²) in [5.74, 6) is -1.89. The van der Waals surface area contributed by atoms with Crippen molar-refractivity contribution in [2.24, 2.45) is 0 Å². The van der Waals surface area contributed by atoms with Crippen LogP contribution in [0.15, 0.2) is 18.2 Å². The van der Waals surface area contributed by atoms with E-state index in [9.17, 15) is 13.6 Å². The Kier molecular flexibility index (Phi) is 3.91. The SMILES string of the molecule is CN(C(=O)c1ccc(F)cc1F)C1CCCNC1. The van der Waals surface area contributed by atoms with E-state index in [1.807, 2.05) is 0 Å². The Morgan fingerprint density at radius 1 is 1.44 bits per heavy atom. The second-order valence-corrected chi connectivity index (χ2v) is 4.54. The van der Waals surface area contributed by atoms with Crippen molar-refractivity contribution in [1.29, 1.82) is 0 Å². The number of piperidine rings is 1. The minimum Gasteiger partial charge on any atom is -0.337 e. The van der Waals surface area contributed by atoms with E-state index in [4.69, 9.17) is 0 Å². The van der Waals surface area contributed by atoms with Gasteiger partial charge in [0.15, 0.2) is 0 Å². The molecule has 2 rings (SSSR count). The molecule has 1 atom stereocenters. The van der Waals surface area contributed by atoms with Crippen LogP contribution in [0, 0.1) is 11.6 Å². The molecule has 0 aliphatic carbocycles. The lowest BCUT2D eigenvalue weighted by Crippen LogP contribution is -2.46. The molecule has 1 aromatic carbocycles. The predicted molar refractivity (Wildman–Crippen MR) is 64.3 cm³/mol. The number of halogens is 2. The average Bonchev–Trinajstić information content (AvgIpc) is 2.38. The summed E-state index contributed by atoms with van der Waals surface area (Å²) in [4.78, 5) is 13.6. The summed E-state index contributed by atoms with van der Waals surface area (Å²) in [7, 11) is 1.66. The summed E-state index contributed by atoms with van der Waals surface area (Å²) < 4.78 is 26.3. The monoisotopic (exact) mass is 254 g/mol. The molecule has 98 valence electrons. The zero-order chi connectivity index (χ0) is 13.1. The van der Waals surface area contributed by atoms with E-state index in [2.05, 4.69) is 5.32 Å². The number of benzene rings is 1. The minimum absolute atomic E-state index is 0.0655. The quantitative estimate of drug-likeness (QED) is 0.872. The lowest BCUT2D eigenvalue weighted by molar-refractivity contribution is 0.0703. The third-order valence-electron chi connectivity index (χ3n) is 3.30. The maximum atomic E-state index is 13.5. The lowest BCUT2D eigenvalue weighted by atomic mass is 10.0. The first-order valence-corrected chi connectivity index (χ1v) is 6.02. The van der Waals surface area contributed by atoms with Gasteiger partial charge in [0.2, 0.25) is 0 Å². The van der Waals surface area contributed by atoms with Gasteiger partial charge in [-0.1, -0.05) is 0 Å². The highest BCUT2D eigenvalue weighted by molar-refractivity contribution is 5.94. The number of carbonyl (C=O) groups excluding carboxylic acids is 1. The third kappa shape index (κ3) is 2.67. The largest absolute Gasteiger partial charge is 0.337 e. The molecule has 0 bridgehead atoms. The van der Waals surface area contributed by atoms with Crippen molar-refractivity contribution in [3.63, 3.8) is 0 Å². The second-order valence-electron chi connectivity index (χ2n) is 4.54. The molecule has 18 heavy (non-hydrogen) atoms. The molecule has 0 saturated carbocycles. The molecule has 1 N–H and O–H groups in total. The van der Waals surface area contributed by atoms with E-state index in [0.717, 1.165) is 31.5 Å². The van der Waals surface area contributed by atoms with Gasteiger partial charge in [-0.05, 0) is 31.5 Å². The molecule has 1 fully saturated rings. The van der Waals surface area contributed by atoms with Crippen molar-refractivity contribution in [3.05, 3.63) is 35.4 Å². The van der Waals surface area contributed by atoms with Crippen LogP contribution in [0.3, 0.4) is 0 Å². The Labute approximate surface area is 105 Å². The van der Waals surface area contributed by atoms with E-state index in [0.29, 0.717) is 6.54 Å². The van der Waals surface area contributed by atoms with Crippen molar-refractivity contribution in [2.75, 3.05) is 20.1 Å². The van der Waals surface area contributed by atoms with E-state index in [1.54, 1.807) is 7.05 Å². The first kappa shape index (κ1) is 13.0. The van der Waals surface area contributed by atoms with Crippen LogP contribution in [0.4, 0.5) is 8.78 Å². The van der Waals surface area contributed by atoms with Gasteiger partial charge in [-0.15, -0.1) is 0 Å². The van der Waals surface area contributed by atoms with Gasteiger partial charge < -0.3 is 10.2 Å². The fourth-order valence-electron chi connectivity index (χ4n) is 2.18. The molecule has 1 heterocycles. The summed E-state index contributed by atoms with van der Waals surface area (Å²) in [5, 5.41) is 3.20. The van der Waals surface area contributed by atoms with Gasteiger partial charge in [0.25, 0.3) is 5.91 Å². The summed E-state index contributed by atoms with van der Waals surface area (Å²) in [5.41, 5.74) is -0.0792. The smallest absolute Gasteiger partial charge is 0.256 e. The van der Waals surface area contributed by atoms with Crippen molar-refractivity contribution in [1.82, 2.24) is 10.2 Å². The topological polar surface area (TPSA) is 32.3 Å². The first-order chi connectivity index (χ1) is 8.59. The van der Waals surface area contributed by atoms with Gasteiger partial charge in [-0.3, -0.25) is 4.79 Å². The van der Waals surface area contributed by atoms with Gasteiger partial charge >= 0.3 is 0 Å². The maximum Gasteiger partial charge on any atom is 0.256 e. The van der Waals surface area contributed by atoms with Gasteiger partial charge in [-0.2, -0.15) is 0 Å². The van der Waals surface area contributed by atoms with Gasteiger partial charge in [-0.25, -0.2) is 8.78 Å². The first-order valence-electron chi connectivity index (χ1n) is 6.02. The number of nitrogens with zero attached hydrogens (tertiary/aromatic N) is 1. The molecule has 1 aliphatic rings. The molecule has 1 saturated heterocycles. The van der Waals surface area contributed by atoms with E-state index < -0.39 is 17.5 Å². The van der Waals surface area contributed by atoms with Crippen molar-refractivity contribution >= 4 is 5.91 Å². The molecule has 0 aromatic heterocycles. The Balaban J connectivity index is 2.14. The zero-order valence-corrected chi connectivity index (χ0v) is 10.2. The number of rotatable bonds is 2. The highest BCUT2D eigenvalue weighted by Gasteiger charge is 2.24. The molecule has 1 aliphatic heterocycles. The number of hydrogen-bond donors (Lipinski definition) is 1. The van der Waals surface area contributed by atoms with Gasteiger partial charge in [0.05, 0.1) is 5.56 Å². The van der Waals surface area contributed by atoms with Crippen molar-refractivity contribution in [2.45, 2.75) is 18.9 Å². The van der Waals surface area contributed by atoms with Crippen LogP contribution < -0.4 is 5.32 Å². The predicted octanol–water partition coefficient (Wildman–Crippen LogP) is 1.79. The fourth-order valence-corrected chi connectivity index (χ4v) is 2.18. The number of carbonyl (C=O) groups is 1. The lowest BCUT2D eigenvalue weighted by Gasteiger charge is -2.31. The van der Waals surface area contributed by atoms with Crippen molar-refractivity contribution in [3.8, 4) is 0 Å². The normalized spacial score (nSPS) is 19.6. The van der Waals surface area contributed by atoms with Crippen molar-refractivity contribution < 1.29 is 13.6 Å². The highest BCUT2D eigenvalue weighted by Crippen LogP contribution is 2.15. The van der Waals surface area contributed by atoms with Crippen LogP contribution in [0.25, 0.3) is 0 Å². The maximum absolute atomic E-state index is 13.5. The Morgan fingerprint density at radius 3 is 2.83 bits per heavy atom. The number of amides is 1. The number of nitrogens with one attached hydrogen (secondary N) is 1. The van der Waals surface area contributed by atoms with Crippen LogP contribution >= 0.6 is 0 Å².